The summed E-state index contributed by atoms with van der Waals surface area (Å²) in [5, 5.41) is 2.29. The van der Waals surface area contributed by atoms with E-state index in [9.17, 15) is 18.8 Å². The molecule has 0 bridgehead atoms. The van der Waals surface area contributed by atoms with Crippen molar-refractivity contribution in [2.45, 2.75) is 38.3 Å². The number of carbonyl (C=O) groups excluding carboxylic acids is 3. The molecule has 3 heterocycles. The van der Waals surface area contributed by atoms with Crippen LogP contribution in [0.4, 0.5) is 4.39 Å². The van der Waals surface area contributed by atoms with Gasteiger partial charge in [0.1, 0.15) is 17.3 Å². The van der Waals surface area contributed by atoms with Crippen molar-refractivity contribution >= 4 is 28.8 Å². The van der Waals surface area contributed by atoms with Crippen molar-refractivity contribution < 1.29 is 23.2 Å². The number of hydrogen-bond acceptors (Lipinski definition) is 5. The first-order valence-corrected chi connectivity index (χ1v) is 9.75. The van der Waals surface area contributed by atoms with Crippen LogP contribution in [0.25, 0.3) is 11.1 Å². The van der Waals surface area contributed by atoms with Gasteiger partial charge in [0.2, 0.25) is 17.7 Å². The highest BCUT2D eigenvalue weighted by atomic mass is 19.1. The molecule has 7 nitrogen and oxygen atoms in total. The quantitative estimate of drug-likeness (QED) is 0.659. The van der Waals surface area contributed by atoms with E-state index >= 15 is 0 Å². The van der Waals surface area contributed by atoms with E-state index in [1.807, 2.05) is 6.07 Å². The van der Waals surface area contributed by atoms with Crippen molar-refractivity contribution in [1.82, 2.24) is 15.2 Å². The maximum Gasteiger partial charge on any atom is 0.254 e. The number of nitrogens with one attached hydrogen (secondary N) is 1. The summed E-state index contributed by atoms with van der Waals surface area (Å²) in [5.74, 6) is -1.69. The van der Waals surface area contributed by atoms with Gasteiger partial charge in [-0.2, -0.15) is 0 Å². The summed E-state index contributed by atoms with van der Waals surface area (Å²) < 4.78 is 20.0. The molecular weight excluding hydrogens is 389 g/mol. The van der Waals surface area contributed by atoms with Gasteiger partial charge in [0.05, 0.1) is 6.04 Å². The maximum atomic E-state index is 14.2. The zero-order valence-electron chi connectivity index (χ0n) is 16.1. The van der Waals surface area contributed by atoms with Crippen molar-refractivity contribution in [2.75, 3.05) is 0 Å². The Morgan fingerprint density at radius 2 is 2.10 bits per heavy atom. The maximum absolute atomic E-state index is 14.2. The van der Waals surface area contributed by atoms with E-state index in [0.29, 0.717) is 35.2 Å². The van der Waals surface area contributed by atoms with Crippen LogP contribution in [-0.2, 0) is 16.1 Å². The number of aromatic nitrogens is 1. The monoisotopic (exact) mass is 407 g/mol. The number of benzene rings is 2. The van der Waals surface area contributed by atoms with Crippen LogP contribution >= 0.6 is 0 Å². The highest BCUT2D eigenvalue weighted by Crippen LogP contribution is 2.36. The molecule has 0 radical (unpaired) electrons. The fourth-order valence-corrected chi connectivity index (χ4v) is 4.23. The van der Waals surface area contributed by atoms with E-state index in [4.69, 9.17) is 4.42 Å². The Labute approximate surface area is 170 Å². The van der Waals surface area contributed by atoms with E-state index in [-0.39, 0.29) is 36.0 Å². The molecule has 1 aromatic heterocycles. The highest BCUT2D eigenvalue weighted by molar-refractivity contribution is 6.01. The molecule has 0 saturated carbocycles. The lowest BCUT2D eigenvalue weighted by Crippen LogP contribution is -2.39. The first-order valence-electron chi connectivity index (χ1n) is 9.75. The second-order valence-corrected chi connectivity index (χ2v) is 7.66. The number of fused-ring (bicyclic) bond motifs is 2. The molecule has 30 heavy (non-hydrogen) atoms. The van der Waals surface area contributed by atoms with Gasteiger partial charge in [-0.05, 0) is 43.2 Å². The average molecular weight is 407 g/mol. The molecule has 5 rings (SSSR count). The number of hydrogen-bond donors (Lipinski definition) is 1. The number of imide groups is 1. The fraction of sp³-hybridized carbons (Fsp3) is 0.273. The molecule has 1 unspecified atom stereocenters. The molecule has 8 heteroatoms. The molecule has 1 fully saturated rings. The van der Waals surface area contributed by atoms with E-state index in [1.165, 1.54) is 6.07 Å². The summed E-state index contributed by atoms with van der Waals surface area (Å²) in [4.78, 5) is 42.5. The van der Waals surface area contributed by atoms with Crippen molar-refractivity contribution in [2.24, 2.45) is 0 Å². The van der Waals surface area contributed by atoms with E-state index in [1.54, 1.807) is 36.1 Å². The largest absolute Gasteiger partial charge is 0.440 e. The Balaban J connectivity index is 1.43. The third-order valence-electron chi connectivity index (χ3n) is 5.82. The van der Waals surface area contributed by atoms with Crippen LogP contribution in [0.2, 0.25) is 0 Å². The fourth-order valence-electron chi connectivity index (χ4n) is 4.23. The molecule has 0 aliphatic carbocycles. The third kappa shape index (κ3) is 2.87. The standard InChI is InChI=1S/C22H18FN3O4/c1-11-19-13(3-2-4-15(19)23)10-26(11)22(29)12-5-7-16-17(9-12)30-21(24-16)14-6-8-18(27)25-20(14)28/h2-5,7,9,11,14H,6,8,10H2,1H3,(H,25,27,28)/t11-,14?/m0/s1. The average Bonchev–Trinajstić information content (AvgIpc) is 3.28. The number of nitrogens with zero attached hydrogens (tertiary/aromatic N) is 2. The molecule has 2 aromatic carbocycles. The van der Waals surface area contributed by atoms with Crippen LogP contribution < -0.4 is 5.32 Å². The van der Waals surface area contributed by atoms with Gasteiger partial charge in [0, 0.05) is 24.1 Å². The normalized spacial score (nSPS) is 21.1. The van der Waals surface area contributed by atoms with Gasteiger partial charge in [0.15, 0.2) is 5.58 Å². The lowest BCUT2D eigenvalue weighted by Gasteiger charge is -2.22. The highest BCUT2D eigenvalue weighted by Gasteiger charge is 2.34. The number of amides is 3. The third-order valence-corrected chi connectivity index (χ3v) is 5.82. The van der Waals surface area contributed by atoms with Crippen molar-refractivity contribution in [3.63, 3.8) is 0 Å². The van der Waals surface area contributed by atoms with Gasteiger partial charge >= 0.3 is 0 Å². The predicted octanol–water partition coefficient (Wildman–Crippen LogP) is 3.20. The first kappa shape index (κ1) is 18.5. The van der Waals surface area contributed by atoms with Gasteiger partial charge in [0.25, 0.3) is 5.91 Å². The number of oxazole rings is 1. The molecule has 2 atom stereocenters. The van der Waals surface area contributed by atoms with Crippen molar-refractivity contribution in [3.05, 3.63) is 64.8 Å². The SMILES string of the molecule is C[C@H]1c2c(F)cccc2CN1C(=O)c1ccc2nc(C3CCC(=O)NC3=O)oc2c1. The molecule has 152 valence electrons. The summed E-state index contributed by atoms with van der Waals surface area (Å²) in [6.07, 6.45) is 0.557. The minimum Gasteiger partial charge on any atom is -0.440 e. The van der Waals surface area contributed by atoms with E-state index in [0.717, 1.165) is 5.56 Å². The minimum atomic E-state index is -0.634. The van der Waals surface area contributed by atoms with Crippen molar-refractivity contribution in [1.29, 1.82) is 0 Å². The lowest BCUT2D eigenvalue weighted by molar-refractivity contribution is -0.134. The second-order valence-electron chi connectivity index (χ2n) is 7.66. The minimum absolute atomic E-state index is 0.225. The molecule has 1 N–H and O–H groups in total. The van der Waals surface area contributed by atoms with Crippen LogP contribution in [-0.4, -0.2) is 27.6 Å². The van der Waals surface area contributed by atoms with Gasteiger partial charge in [-0.3, -0.25) is 19.7 Å². The predicted molar refractivity (Wildman–Crippen MR) is 104 cm³/mol. The van der Waals surface area contributed by atoms with Gasteiger partial charge in [-0.25, -0.2) is 9.37 Å². The molecule has 2 aliphatic rings. The van der Waals surface area contributed by atoms with E-state index < -0.39 is 11.8 Å². The van der Waals surface area contributed by atoms with Crippen LogP contribution in [0, 0.1) is 5.82 Å². The molecular formula is C22H18FN3O4. The summed E-state index contributed by atoms with van der Waals surface area (Å²) in [6, 6.07) is 9.40. The Morgan fingerprint density at radius 1 is 1.27 bits per heavy atom. The zero-order valence-corrected chi connectivity index (χ0v) is 16.1. The Kier molecular flexibility index (Phi) is 4.16. The summed E-state index contributed by atoms with van der Waals surface area (Å²) >= 11 is 0. The Morgan fingerprint density at radius 3 is 2.87 bits per heavy atom. The summed E-state index contributed by atoms with van der Waals surface area (Å²) in [5.41, 5.74) is 2.66. The number of carbonyl (C=O) groups is 3. The second kappa shape index (κ2) is 6.76. The summed E-state index contributed by atoms with van der Waals surface area (Å²) in [7, 11) is 0. The number of halogens is 1. The molecule has 3 aromatic rings. The van der Waals surface area contributed by atoms with Crippen LogP contribution in [0.3, 0.4) is 0 Å². The smallest absolute Gasteiger partial charge is 0.254 e. The van der Waals surface area contributed by atoms with Crippen molar-refractivity contribution in [3.8, 4) is 0 Å². The van der Waals surface area contributed by atoms with Crippen LogP contribution in [0.5, 0.6) is 0 Å². The van der Waals surface area contributed by atoms with Gasteiger partial charge in [-0.15, -0.1) is 0 Å². The van der Waals surface area contributed by atoms with Gasteiger partial charge in [-0.1, -0.05) is 12.1 Å². The molecule has 1 saturated heterocycles. The zero-order chi connectivity index (χ0) is 21.0. The van der Waals surface area contributed by atoms with E-state index in [2.05, 4.69) is 10.3 Å². The van der Waals surface area contributed by atoms with Crippen LogP contribution in [0.1, 0.15) is 59.1 Å². The molecule has 0 spiro atoms. The first-order chi connectivity index (χ1) is 14.4. The number of rotatable bonds is 2. The lowest BCUT2D eigenvalue weighted by atomic mass is 9.98. The number of piperidine rings is 1. The topological polar surface area (TPSA) is 92.5 Å². The Hall–Kier alpha value is -3.55. The molecule has 3 amide bonds. The molecule has 2 aliphatic heterocycles. The van der Waals surface area contributed by atoms with Gasteiger partial charge < -0.3 is 9.32 Å². The Bertz CT molecular complexity index is 1220. The van der Waals surface area contributed by atoms with Crippen LogP contribution in [0.15, 0.2) is 40.8 Å². The summed E-state index contributed by atoms with van der Waals surface area (Å²) in [6.45, 7) is 2.14.